The Morgan fingerprint density at radius 2 is 2.14 bits per heavy atom. The standard InChI is InChI=1S/C15H16N2O3S/c18-14(19)10-4-3-7-17(8-10)15(20)16-12-9-21-13-6-2-1-5-11(12)13/h1-2,5-6,9-10H,3-4,7-8H2,(H,16,20)(H,18,19). The van der Waals surface area contributed by atoms with E-state index in [0.717, 1.165) is 22.2 Å². The lowest BCUT2D eigenvalue weighted by molar-refractivity contribution is -0.143. The molecule has 6 heteroatoms. The van der Waals surface area contributed by atoms with Crippen LogP contribution >= 0.6 is 11.3 Å². The van der Waals surface area contributed by atoms with Crippen molar-refractivity contribution in [2.75, 3.05) is 18.4 Å². The summed E-state index contributed by atoms with van der Waals surface area (Å²) in [5.41, 5.74) is 0.790. The minimum Gasteiger partial charge on any atom is -0.481 e. The summed E-state index contributed by atoms with van der Waals surface area (Å²) in [6.07, 6.45) is 1.37. The molecule has 1 unspecified atom stereocenters. The van der Waals surface area contributed by atoms with Crippen LogP contribution < -0.4 is 5.32 Å². The number of carboxylic acids is 1. The van der Waals surface area contributed by atoms with Crippen molar-refractivity contribution in [2.45, 2.75) is 12.8 Å². The van der Waals surface area contributed by atoms with Crippen molar-refractivity contribution in [3.05, 3.63) is 29.6 Å². The van der Waals surface area contributed by atoms with Gasteiger partial charge in [-0.1, -0.05) is 18.2 Å². The molecule has 2 N–H and O–H groups in total. The van der Waals surface area contributed by atoms with Gasteiger partial charge < -0.3 is 15.3 Å². The number of rotatable bonds is 2. The molecule has 2 aromatic rings. The van der Waals surface area contributed by atoms with Gasteiger partial charge in [0, 0.05) is 28.6 Å². The van der Waals surface area contributed by atoms with Crippen LogP contribution in [0.25, 0.3) is 10.1 Å². The summed E-state index contributed by atoms with van der Waals surface area (Å²) < 4.78 is 1.12. The van der Waals surface area contributed by atoms with Gasteiger partial charge in [-0.05, 0) is 18.9 Å². The highest BCUT2D eigenvalue weighted by Crippen LogP contribution is 2.30. The van der Waals surface area contributed by atoms with Crippen LogP contribution in [0.5, 0.6) is 0 Å². The van der Waals surface area contributed by atoms with E-state index in [4.69, 9.17) is 5.11 Å². The first-order valence-electron chi connectivity index (χ1n) is 6.90. The average Bonchev–Trinajstić information content (AvgIpc) is 2.91. The Hall–Kier alpha value is -2.08. The van der Waals surface area contributed by atoms with E-state index >= 15 is 0 Å². The molecule has 5 nitrogen and oxygen atoms in total. The van der Waals surface area contributed by atoms with Gasteiger partial charge in [0.05, 0.1) is 11.6 Å². The first-order valence-corrected chi connectivity index (χ1v) is 7.78. The summed E-state index contributed by atoms with van der Waals surface area (Å²) in [7, 11) is 0. The van der Waals surface area contributed by atoms with Gasteiger partial charge in [0.2, 0.25) is 0 Å². The Morgan fingerprint density at radius 3 is 2.95 bits per heavy atom. The highest BCUT2D eigenvalue weighted by Gasteiger charge is 2.28. The molecular formula is C15H16N2O3S. The number of hydrogen-bond donors (Lipinski definition) is 2. The van der Waals surface area contributed by atoms with Crippen LogP contribution in [-0.4, -0.2) is 35.1 Å². The fourth-order valence-corrected chi connectivity index (χ4v) is 3.52. The highest BCUT2D eigenvalue weighted by atomic mass is 32.1. The Balaban J connectivity index is 1.72. The van der Waals surface area contributed by atoms with Crippen LogP contribution in [0.2, 0.25) is 0 Å². The normalized spacial score (nSPS) is 18.7. The molecule has 1 fully saturated rings. The number of nitrogens with one attached hydrogen (secondary N) is 1. The average molecular weight is 304 g/mol. The topological polar surface area (TPSA) is 69.6 Å². The summed E-state index contributed by atoms with van der Waals surface area (Å²) in [5.74, 6) is -1.28. The maximum atomic E-state index is 12.3. The quantitative estimate of drug-likeness (QED) is 0.895. The maximum Gasteiger partial charge on any atom is 0.321 e. The lowest BCUT2D eigenvalue weighted by Crippen LogP contribution is -2.44. The van der Waals surface area contributed by atoms with Crippen molar-refractivity contribution in [3.8, 4) is 0 Å². The fraction of sp³-hybridized carbons (Fsp3) is 0.333. The van der Waals surface area contributed by atoms with E-state index < -0.39 is 11.9 Å². The SMILES string of the molecule is O=C(O)C1CCCN(C(=O)Nc2csc3ccccc23)C1. The zero-order chi connectivity index (χ0) is 14.8. The number of nitrogens with zero attached hydrogens (tertiary/aromatic N) is 1. The number of carboxylic acid groups (broad SMARTS) is 1. The summed E-state index contributed by atoms with van der Waals surface area (Å²) in [5, 5.41) is 14.9. The second-order valence-corrected chi connectivity index (χ2v) is 6.11. The van der Waals surface area contributed by atoms with Gasteiger partial charge >= 0.3 is 12.0 Å². The number of benzene rings is 1. The van der Waals surface area contributed by atoms with E-state index in [0.29, 0.717) is 13.0 Å². The lowest BCUT2D eigenvalue weighted by Gasteiger charge is -2.30. The highest BCUT2D eigenvalue weighted by molar-refractivity contribution is 7.17. The second-order valence-electron chi connectivity index (χ2n) is 5.20. The van der Waals surface area contributed by atoms with Crippen LogP contribution in [0.3, 0.4) is 0 Å². The minimum atomic E-state index is -0.825. The molecule has 2 heterocycles. The molecule has 1 aliphatic heterocycles. The van der Waals surface area contributed by atoms with Crippen molar-refractivity contribution in [1.29, 1.82) is 0 Å². The van der Waals surface area contributed by atoms with Crippen LogP contribution in [-0.2, 0) is 4.79 Å². The number of likely N-dealkylation sites (tertiary alicyclic amines) is 1. The Morgan fingerprint density at radius 1 is 1.33 bits per heavy atom. The molecule has 1 saturated heterocycles. The van der Waals surface area contributed by atoms with Crippen molar-refractivity contribution in [1.82, 2.24) is 4.90 Å². The van der Waals surface area contributed by atoms with Gasteiger partial charge in [0.15, 0.2) is 0 Å². The smallest absolute Gasteiger partial charge is 0.321 e. The van der Waals surface area contributed by atoms with E-state index in [1.807, 2.05) is 29.6 Å². The molecule has 0 aliphatic carbocycles. The Bertz CT molecular complexity index is 682. The maximum absolute atomic E-state index is 12.3. The number of anilines is 1. The van der Waals surface area contributed by atoms with Gasteiger partial charge in [0.25, 0.3) is 0 Å². The van der Waals surface area contributed by atoms with E-state index in [-0.39, 0.29) is 12.6 Å². The fourth-order valence-electron chi connectivity index (χ4n) is 2.63. The number of hydrogen-bond acceptors (Lipinski definition) is 3. The van der Waals surface area contributed by atoms with E-state index in [1.54, 1.807) is 16.2 Å². The van der Waals surface area contributed by atoms with Crippen molar-refractivity contribution >= 4 is 39.1 Å². The van der Waals surface area contributed by atoms with Crippen LogP contribution in [0.15, 0.2) is 29.6 Å². The first kappa shape index (κ1) is 13.9. The second kappa shape index (κ2) is 5.73. The monoisotopic (exact) mass is 304 g/mol. The van der Waals surface area contributed by atoms with Gasteiger partial charge in [-0.25, -0.2) is 4.79 Å². The van der Waals surface area contributed by atoms with Crippen LogP contribution in [0, 0.1) is 5.92 Å². The molecule has 1 atom stereocenters. The van der Waals surface area contributed by atoms with Gasteiger partial charge in [-0.15, -0.1) is 11.3 Å². The molecule has 0 saturated carbocycles. The predicted molar refractivity (Wildman–Crippen MR) is 82.8 cm³/mol. The van der Waals surface area contributed by atoms with Crippen LogP contribution in [0.4, 0.5) is 10.5 Å². The number of fused-ring (bicyclic) bond motifs is 1. The predicted octanol–water partition coefficient (Wildman–Crippen LogP) is 3.23. The third kappa shape index (κ3) is 2.85. The summed E-state index contributed by atoms with van der Waals surface area (Å²) in [6, 6.07) is 7.66. The van der Waals surface area contributed by atoms with Crippen molar-refractivity contribution in [3.63, 3.8) is 0 Å². The van der Waals surface area contributed by atoms with Gasteiger partial charge in [-0.3, -0.25) is 4.79 Å². The van der Waals surface area contributed by atoms with E-state index in [9.17, 15) is 9.59 Å². The van der Waals surface area contributed by atoms with Gasteiger partial charge in [0.1, 0.15) is 0 Å². The molecule has 1 aromatic carbocycles. The third-order valence-electron chi connectivity index (χ3n) is 3.78. The number of carbonyl (C=O) groups excluding carboxylic acids is 1. The van der Waals surface area contributed by atoms with Crippen molar-refractivity contribution in [2.24, 2.45) is 5.92 Å². The summed E-state index contributed by atoms with van der Waals surface area (Å²) >= 11 is 1.58. The molecular weight excluding hydrogens is 288 g/mol. The number of thiophene rings is 1. The number of piperidine rings is 1. The molecule has 0 bridgehead atoms. The molecule has 110 valence electrons. The Labute approximate surface area is 126 Å². The van der Waals surface area contributed by atoms with Gasteiger partial charge in [-0.2, -0.15) is 0 Å². The minimum absolute atomic E-state index is 0.218. The lowest BCUT2D eigenvalue weighted by atomic mass is 9.99. The number of urea groups is 1. The zero-order valence-electron chi connectivity index (χ0n) is 11.4. The zero-order valence-corrected chi connectivity index (χ0v) is 12.2. The molecule has 21 heavy (non-hydrogen) atoms. The Kier molecular flexibility index (Phi) is 3.79. The largest absolute Gasteiger partial charge is 0.481 e. The third-order valence-corrected chi connectivity index (χ3v) is 4.74. The van der Waals surface area contributed by atoms with Crippen LogP contribution in [0.1, 0.15) is 12.8 Å². The molecule has 2 amide bonds. The van der Waals surface area contributed by atoms with E-state index in [2.05, 4.69) is 5.32 Å². The molecule has 3 rings (SSSR count). The molecule has 0 spiro atoms. The van der Waals surface area contributed by atoms with Crippen molar-refractivity contribution < 1.29 is 14.7 Å². The first-order chi connectivity index (χ1) is 10.1. The molecule has 1 aromatic heterocycles. The molecule has 0 radical (unpaired) electrons. The molecule has 1 aliphatic rings. The summed E-state index contributed by atoms with van der Waals surface area (Å²) in [4.78, 5) is 25.0. The number of amides is 2. The number of aliphatic carboxylic acids is 1. The van der Waals surface area contributed by atoms with E-state index in [1.165, 1.54) is 0 Å². The summed E-state index contributed by atoms with van der Waals surface area (Å²) in [6.45, 7) is 0.890. The number of carbonyl (C=O) groups is 2.